The van der Waals surface area contributed by atoms with Gasteiger partial charge in [-0.1, -0.05) is 0 Å². The Hall–Kier alpha value is -1.97. The molecule has 2 atom stereocenters. The Kier molecular flexibility index (Phi) is 4.13. The second kappa shape index (κ2) is 6.20. The molecule has 21 heavy (non-hydrogen) atoms. The van der Waals surface area contributed by atoms with Crippen LogP contribution < -0.4 is 4.90 Å². The number of hydrogen-bond acceptors (Lipinski definition) is 3. The Morgan fingerprint density at radius 2 is 1.76 bits per heavy atom. The SMILES string of the molecule is C#CC1CC[C@@H](N2CCN(c3ccc(C#N)cc3)CC2)C1. The lowest BCUT2D eigenvalue weighted by atomic mass is 10.1. The monoisotopic (exact) mass is 279 g/mol. The van der Waals surface area contributed by atoms with Crippen LogP contribution in [-0.4, -0.2) is 37.1 Å². The van der Waals surface area contributed by atoms with E-state index in [4.69, 9.17) is 11.7 Å². The predicted octanol–water partition coefficient (Wildman–Crippen LogP) is 2.48. The number of rotatable bonds is 2. The summed E-state index contributed by atoms with van der Waals surface area (Å²) in [4.78, 5) is 5.02. The Bertz CT molecular complexity index is 556. The van der Waals surface area contributed by atoms with E-state index in [0.29, 0.717) is 12.0 Å². The third-order valence-electron chi connectivity index (χ3n) is 4.83. The molecule has 0 bridgehead atoms. The minimum absolute atomic E-state index is 0.492. The van der Waals surface area contributed by atoms with Gasteiger partial charge in [-0.05, 0) is 43.5 Å². The van der Waals surface area contributed by atoms with Gasteiger partial charge in [0.05, 0.1) is 11.6 Å². The second-order valence-corrected chi connectivity index (χ2v) is 6.01. The average molecular weight is 279 g/mol. The number of piperazine rings is 1. The summed E-state index contributed by atoms with van der Waals surface area (Å²) >= 11 is 0. The lowest BCUT2D eigenvalue weighted by Gasteiger charge is -2.39. The van der Waals surface area contributed by atoms with Crippen molar-refractivity contribution in [3.63, 3.8) is 0 Å². The van der Waals surface area contributed by atoms with Crippen molar-refractivity contribution in [2.24, 2.45) is 5.92 Å². The summed E-state index contributed by atoms with van der Waals surface area (Å²) < 4.78 is 0. The van der Waals surface area contributed by atoms with Crippen LogP contribution in [0.1, 0.15) is 24.8 Å². The zero-order chi connectivity index (χ0) is 14.7. The van der Waals surface area contributed by atoms with Crippen molar-refractivity contribution in [3.05, 3.63) is 29.8 Å². The van der Waals surface area contributed by atoms with Gasteiger partial charge in [-0.3, -0.25) is 4.90 Å². The van der Waals surface area contributed by atoms with E-state index < -0.39 is 0 Å². The van der Waals surface area contributed by atoms with Gasteiger partial charge in [0.25, 0.3) is 0 Å². The summed E-state index contributed by atoms with van der Waals surface area (Å²) in [6, 6.07) is 10.8. The normalized spacial score (nSPS) is 26.3. The lowest BCUT2D eigenvalue weighted by molar-refractivity contribution is 0.186. The van der Waals surface area contributed by atoms with Gasteiger partial charge >= 0.3 is 0 Å². The first-order valence-electron chi connectivity index (χ1n) is 7.75. The zero-order valence-electron chi connectivity index (χ0n) is 12.3. The first kappa shape index (κ1) is 14.0. The van der Waals surface area contributed by atoms with Gasteiger partial charge in [0.15, 0.2) is 0 Å². The molecule has 1 saturated carbocycles. The molecule has 1 unspecified atom stereocenters. The van der Waals surface area contributed by atoms with Crippen LogP contribution in [0.25, 0.3) is 0 Å². The van der Waals surface area contributed by atoms with E-state index in [-0.39, 0.29) is 0 Å². The molecule has 1 heterocycles. The number of anilines is 1. The van der Waals surface area contributed by atoms with Crippen molar-refractivity contribution in [1.29, 1.82) is 5.26 Å². The van der Waals surface area contributed by atoms with E-state index in [0.717, 1.165) is 31.7 Å². The van der Waals surface area contributed by atoms with Gasteiger partial charge in [-0.25, -0.2) is 0 Å². The van der Waals surface area contributed by atoms with E-state index in [2.05, 4.69) is 33.9 Å². The van der Waals surface area contributed by atoms with Crippen LogP contribution in [0.2, 0.25) is 0 Å². The van der Waals surface area contributed by atoms with Crippen molar-refractivity contribution in [2.45, 2.75) is 25.3 Å². The molecule has 1 aromatic rings. The summed E-state index contributed by atoms with van der Waals surface area (Å²) in [6.07, 6.45) is 9.17. The smallest absolute Gasteiger partial charge is 0.0991 e. The van der Waals surface area contributed by atoms with Gasteiger partial charge in [0.1, 0.15) is 0 Å². The molecule has 2 fully saturated rings. The molecular formula is C18H21N3. The van der Waals surface area contributed by atoms with Gasteiger partial charge in [-0.2, -0.15) is 5.26 Å². The number of nitrogens with zero attached hydrogens (tertiary/aromatic N) is 3. The first-order chi connectivity index (χ1) is 10.3. The van der Waals surface area contributed by atoms with Gasteiger partial charge < -0.3 is 4.90 Å². The Morgan fingerprint density at radius 3 is 2.33 bits per heavy atom. The molecule has 3 nitrogen and oxygen atoms in total. The third kappa shape index (κ3) is 3.04. The average Bonchev–Trinajstić information content (AvgIpc) is 3.04. The van der Waals surface area contributed by atoms with Crippen molar-refractivity contribution >= 4 is 5.69 Å². The molecule has 1 aromatic carbocycles. The van der Waals surface area contributed by atoms with Crippen LogP contribution in [0.5, 0.6) is 0 Å². The van der Waals surface area contributed by atoms with Crippen LogP contribution in [0.3, 0.4) is 0 Å². The molecule has 0 N–H and O–H groups in total. The quantitative estimate of drug-likeness (QED) is 0.779. The molecule has 0 amide bonds. The Morgan fingerprint density at radius 1 is 1.05 bits per heavy atom. The Balaban J connectivity index is 1.55. The summed E-state index contributed by atoms with van der Waals surface area (Å²) in [5.74, 6) is 3.41. The van der Waals surface area contributed by atoms with Crippen LogP contribution in [0, 0.1) is 29.6 Å². The fourth-order valence-corrected chi connectivity index (χ4v) is 3.53. The van der Waals surface area contributed by atoms with Gasteiger partial charge in [0.2, 0.25) is 0 Å². The first-order valence-corrected chi connectivity index (χ1v) is 7.75. The van der Waals surface area contributed by atoms with Crippen LogP contribution in [-0.2, 0) is 0 Å². The highest BCUT2D eigenvalue weighted by Crippen LogP contribution is 2.30. The van der Waals surface area contributed by atoms with Crippen LogP contribution in [0.4, 0.5) is 5.69 Å². The molecule has 1 aliphatic heterocycles. The summed E-state index contributed by atoms with van der Waals surface area (Å²) in [7, 11) is 0. The molecule has 3 rings (SSSR count). The highest BCUT2D eigenvalue weighted by Gasteiger charge is 2.30. The molecule has 0 aromatic heterocycles. The van der Waals surface area contributed by atoms with E-state index in [1.165, 1.54) is 24.9 Å². The lowest BCUT2D eigenvalue weighted by Crippen LogP contribution is -2.49. The third-order valence-corrected chi connectivity index (χ3v) is 4.83. The van der Waals surface area contributed by atoms with E-state index in [1.807, 2.05) is 12.1 Å². The van der Waals surface area contributed by atoms with Crippen molar-refractivity contribution < 1.29 is 0 Å². The molecule has 0 spiro atoms. The van der Waals surface area contributed by atoms with E-state index in [9.17, 15) is 0 Å². The molecule has 1 aliphatic carbocycles. The number of hydrogen-bond donors (Lipinski definition) is 0. The summed E-state index contributed by atoms with van der Waals surface area (Å²) in [6.45, 7) is 4.34. The number of terminal acetylenes is 1. The van der Waals surface area contributed by atoms with Crippen molar-refractivity contribution in [1.82, 2.24) is 4.90 Å². The fraction of sp³-hybridized carbons (Fsp3) is 0.500. The largest absolute Gasteiger partial charge is 0.369 e. The second-order valence-electron chi connectivity index (χ2n) is 6.01. The highest BCUT2D eigenvalue weighted by atomic mass is 15.3. The van der Waals surface area contributed by atoms with Crippen molar-refractivity contribution in [3.8, 4) is 18.4 Å². The van der Waals surface area contributed by atoms with Crippen LogP contribution in [0.15, 0.2) is 24.3 Å². The maximum absolute atomic E-state index is 8.85. The zero-order valence-corrected chi connectivity index (χ0v) is 12.3. The maximum atomic E-state index is 8.85. The molecule has 3 heteroatoms. The molecule has 0 radical (unpaired) electrons. The van der Waals surface area contributed by atoms with Gasteiger partial charge in [-0.15, -0.1) is 12.3 Å². The van der Waals surface area contributed by atoms with E-state index in [1.54, 1.807) is 0 Å². The van der Waals surface area contributed by atoms with Crippen molar-refractivity contribution in [2.75, 3.05) is 31.1 Å². The fourth-order valence-electron chi connectivity index (χ4n) is 3.53. The molecule has 2 aliphatic rings. The maximum Gasteiger partial charge on any atom is 0.0991 e. The van der Waals surface area contributed by atoms with E-state index >= 15 is 0 Å². The minimum atomic E-state index is 0.492. The molecular weight excluding hydrogens is 258 g/mol. The number of benzene rings is 1. The molecule has 108 valence electrons. The number of nitriles is 1. The topological polar surface area (TPSA) is 30.3 Å². The van der Waals surface area contributed by atoms with Crippen LogP contribution >= 0.6 is 0 Å². The summed E-state index contributed by atoms with van der Waals surface area (Å²) in [5.41, 5.74) is 1.95. The standard InChI is InChI=1S/C18H21N3/c1-2-15-3-8-18(13-15)21-11-9-20(10-12-21)17-6-4-16(14-19)5-7-17/h1,4-7,15,18H,3,8-13H2/t15?,18-/m1/s1. The summed E-state index contributed by atoms with van der Waals surface area (Å²) in [5, 5.41) is 8.85. The minimum Gasteiger partial charge on any atom is -0.369 e. The highest BCUT2D eigenvalue weighted by molar-refractivity contribution is 5.50. The Labute approximate surface area is 127 Å². The predicted molar refractivity (Wildman–Crippen MR) is 84.9 cm³/mol. The van der Waals surface area contributed by atoms with Gasteiger partial charge in [0, 0.05) is 43.8 Å². The molecule has 1 saturated heterocycles.